The molecule has 0 atom stereocenters. The molecular formula is H10LaN3O14. The van der Waals surface area contributed by atoms with Gasteiger partial charge in [0.25, 0.3) is 0 Å². The SMILES string of the molecule is O.O.O.O.O.O=[N+]([O-])[O-].O=[N+]([O-])[O-].O=[N+]([O-])[O-].[La+3]. The van der Waals surface area contributed by atoms with Crippen molar-refractivity contribution in [3.8, 4) is 0 Å². The third-order valence-electron chi connectivity index (χ3n) is 0. The Kier molecular flexibility index (Phi) is 224. The predicted molar refractivity (Wildman–Crippen MR) is 49.2 cm³/mol. The van der Waals surface area contributed by atoms with Gasteiger partial charge in [0.15, 0.2) is 0 Å². The number of rotatable bonds is 0. The molecule has 0 aromatic heterocycles. The van der Waals surface area contributed by atoms with E-state index in [2.05, 4.69) is 0 Å². The largest absolute Gasteiger partial charge is 3.00 e. The second-order valence-electron chi connectivity index (χ2n) is 0.671. The fourth-order valence-corrected chi connectivity index (χ4v) is 0. The molecule has 0 amide bonds. The molecule has 0 saturated carbocycles. The van der Waals surface area contributed by atoms with Crippen LogP contribution < -0.4 is 0 Å². The van der Waals surface area contributed by atoms with Gasteiger partial charge in [-0.15, -0.1) is 0 Å². The van der Waals surface area contributed by atoms with Crippen molar-refractivity contribution in [2.24, 2.45) is 0 Å². The van der Waals surface area contributed by atoms with Crippen LogP contribution in [0.3, 0.4) is 0 Å². The topological polar surface area (TPSA) is 356 Å². The van der Waals surface area contributed by atoms with Gasteiger partial charge in [-0.2, -0.15) is 0 Å². The predicted octanol–water partition coefficient (Wildman–Crippen LogP) is -4.84. The fraction of sp³-hybridized carbons (Fsp3) is 0. The average molecular weight is 415 g/mol. The third kappa shape index (κ3) is 1370. The van der Waals surface area contributed by atoms with E-state index in [1.807, 2.05) is 0 Å². The Morgan fingerprint density at radius 2 is 0.444 bits per heavy atom. The van der Waals surface area contributed by atoms with E-state index in [-0.39, 0.29) is 63.0 Å². The van der Waals surface area contributed by atoms with Crippen LogP contribution in [-0.4, -0.2) is 42.6 Å². The van der Waals surface area contributed by atoms with Crippen LogP contribution >= 0.6 is 0 Å². The van der Waals surface area contributed by atoms with E-state index < -0.39 is 15.3 Å². The van der Waals surface area contributed by atoms with Gasteiger partial charge in [0.2, 0.25) is 0 Å². The average Bonchev–Trinajstić information content (AvgIpc) is 1.54. The van der Waals surface area contributed by atoms with E-state index in [1.54, 1.807) is 0 Å². The zero-order valence-corrected chi connectivity index (χ0v) is 11.7. The number of hydrogen-bond donors (Lipinski definition) is 0. The molecule has 10 N–H and O–H groups in total. The van der Waals surface area contributed by atoms with Gasteiger partial charge in [0.05, 0.1) is 15.3 Å². The fourth-order valence-electron chi connectivity index (χ4n) is 0. The number of hydrogen-bond acceptors (Lipinski definition) is 9. The van der Waals surface area contributed by atoms with Crippen molar-refractivity contribution in [3.63, 3.8) is 0 Å². The first-order valence-corrected chi connectivity index (χ1v) is 1.64. The summed E-state index contributed by atoms with van der Waals surface area (Å²) in [4.78, 5) is 24.8. The van der Waals surface area contributed by atoms with Gasteiger partial charge >= 0.3 is 35.6 Å². The summed E-state index contributed by atoms with van der Waals surface area (Å²) in [6.45, 7) is 0. The Balaban J connectivity index is -0.00000000827. The molecule has 0 radical (unpaired) electrons. The van der Waals surface area contributed by atoms with E-state index in [0.717, 1.165) is 0 Å². The standard InChI is InChI=1S/La.3NO3.5H2O/c;3*2-1(3)4;;;;;/h;;;;5*1H2/q+3;3*-1;;;;;. The van der Waals surface area contributed by atoms with Crippen molar-refractivity contribution in [1.29, 1.82) is 0 Å². The second kappa shape index (κ2) is 57.6. The molecule has 0 rings (SSSR count). The molecule has 0 heterocycles. The van der Waals surface area contributed by atoms with Gasteiger partial charge in [-0.1, -0.05) is 0 Å². The molecule has 112 valence electrons. The molecule has 0 fully saturated rings. The Hall–Kier alpha value is -1.41. The van der Waals surface area contributed by atoms with Crippen LogP contribution in [0.1, 0.15) is 0 Å². The smallest absolute Gasteiger partial charge is 0.412 e. The Morgan fingerprint density at radius 3 is 0.444 bits per heavy atom. The van der Waals surface area contributed by atoms with Crippen LogP contribution in [0.2, 0.25) is 0 Å². The van der Waals surface area contributed by atoms with Gasteiger partial charge < -0.3 is 73.3 Å². The van der Waals surface area contributed by atoms with Gasteiger partial charge in [0, 0.05) is 0 Å². The van der Waals surface area contributed by atoms with Gasteiger partial charge in [-0.25, -0.2) is 0 Å². The zero-order valence-electron chi connectivity index (χ0n) is 8.09. The van der Waals surface area contributed by atoms with Crippen molar-refractivity contribution < 1.29 is 78.2 Å². The van der Waals surface area contributed by atoms with E-state index >= 15 is 0 Å². The maximum absolute atomic E-state index is 8.25. The quantitative estimate of drug-likeness (QED) is 0.270. The second-order valence-corrected chi connectivity index (χ2v) is 0.671. The molecule has 0 spiro atoms. The molecule has 0 aliphatic carbocycles. The summed E-state index contributed by atoms with van der Waals surface area (Å²) in [7, 11) is 0. The molecule has 0 aromatic carbocycles. The zero-order chi connectivity index (χ0) is 10.7. The van der Waals surface area contributed by atoms with Gasteiger partial charge in [-0.05, 0) is 0 Å². The minimum Gasteiger partial charge on any atom is -0.412 e. The van der Waals surface area contributed by atoms with Gasteiger partial charge in [0.1, 0.15) is 0 Å². The molecule has 0 aliphatic heterocycles. The third-order valence-corrected chi connectivity index (χ3v) is 0. The summed E-state index contributed by atoms with van der Waals surface area (Å²) in [5, 5.41) is 44.2. The number of nitrogens with zero attached hydrogens (tertiary/aromatic N) is 3. The van der Waals surface area contributed by atoms with Crippen LogP contribution in [0.5, 0.6) is 0 Å². The van der Waals surface area contributed by atoms with Crippen molar-refractivity contribution in [2.45, 2.75) is 0 Å². The van der Waals surface area contributed by atoms with E-state index in [9.17, 15) is 0 Å². The monoisotopic (exact) mass is 415 g/mol. The molecular weight excluding hydrogens is 405 g/mol. The normalized spacial score (nSPS) is 4.00. The molecule has 18 heteroatoms. The first-order chi connectivity index (χ1) is 5.20. The summed E-state index contributed by atoms with van der Waals surface area (Å²) < 4.78 is 0. The Bertz CT molecular complexity index is 115. The summed E-state index contributed by atoms with van der Waals surface area (Å²) in [6, 6.07) is 0. The van der Waals surface area contributed by atoms with Crippen molar-refractivity contribution in [2.75, 3.05) is 0 Å². The molecule has 0 saturated heterocycles. The van der Waals surface area contributed by atoms with Crippen molar-refractivity contribution >= 4 is 0 Å². The van der Waals surface area contributed by atoms with E-state index in [0.29, 0.717) is 0 Å². The van der Waals surface area contributed by atoms with Gasteiger partial charge in [-0.3, -0.25) is 0 Å². The first-order valence-electron chi connectivity index (χ1n) is 1.64. The van der Waals surface area contributed by atoms with Crippen molar-refractivity contribution in [3.05, 3.63) is 46.0 Å². The molecule has 0 aromatic rings. The van der Waals surface area contributed by atoms with Crippen LogP contribution in [0.25, 0.3) is 0 Å². The summed E-state index contributed by atoms with van der Waals surface area (Å²) in [5.74, 6) is 0. The van der Waals surface area contributed by atoms with Crippen LogP contribution in [0.4, 0.5) is 0 Å². The molecule has 0 aliphatic rings. The molecule has 17 nitrogen and oxygen atoms in total. The summed E-state index contributed by atoms with van der Waals surface area (Å²) in [5.41, 5.74) is 0. The van der Waals surface area contributed by atoms with Crippen molar-refractivity contribution in [1.82, 2.24) is 0 Å². The van der Waals surface area contributed by atoms with E-state index in [1.165, 1.54) is 0 Å². The molecule has 0 unspecified atom stereocenters. The maximum atomic E-state index is 8.25. The summed E-state index contributed by atoms with van der Waals surface area (Å²) >= 11 is 0. The van der Waals surface area contributed by atoms with Crippen LogP contribution in [0, 0.1) is 81.6 Å². The Morgan fingerprint density at radius 1 is 0.444 bits per heavy atom. The van der Waals surface area contributed by atoms with Crippen LogP contribution in [0.15, 0.2) is 0 Å². The minimum absolute atomic E-state index is 0. The Labute approximate surface area is 124 Å². The first kappa shape index (κ1) is 70.0. The molecule has 0 bridgehead atoms. The van der Waals surface area contributed by atoms with Crippen LogP contribution in [-0.2, 0) is 0 Å². The van der Waals surface area contributed by atoms with E-state index in [4.69, 9.17) is 46.0 Å². The molecule has 18 heavy (non-hydrogen) atoms. The maximum Gasteiger partial charge on any atom is 3.00 e. The minimum atomic E-state index is -1.75. The summed E-state index contributed by atoms with van der Waals surface area (Å²) in [6.07, 6.45) is 0.